The van der Waals surface area contributed by atoms with E-state index in [9.17, 15) is 4.79 Å². The van der Waals surface area contributed by atoms with Gasteiger partial charge < -0.3 is 10.1 Å². The Balaban J connectivity index is 1.51. The number of hydrogen-bond acceptors (Lipinski definition) is 5. The summed E-state index contributed by atoms with van der Waals surface area (Å²) in [6.07, 6.45) is 5.41. The summed E-state index contributed by atoms with van der Waals surface area (Å²) in [7, 11) is 0. The Labute approximate surface area is 147 Å². The van der Waals surface area contributed by atoms with E-state index in [1.54, 1.807) is 6.20 Å². The van der Waals surface area contributed by atoms with Crippen LogP contribution in [0.1, 0.15) is 52.4 Å². The van der Waals surface area contributed by atoms with Crippen molar-refractivity contribution in [3.05, 3.63) is 52.8 Å². The van der Waals surface area contributed by atoms with Gasteiger partial charge in [-0.2, -0.15) is 0 Å². The van der Waals surface area contributed by atoms with Crippen molar-refractivity contribution in [2.75, 3.05) is 18.5 Å². The topological polar surface area (TPSA) is 64.1 Å². The Hall–Kier alpha value is -2.27. The summed E-state index contributed by atoms with van der Waals surface area (Å²) in [5, 5.41) is 3.26. The fraction of sp³-hybridized carbons (Fsp3) is 0.450. The first-order valence-corrected chi connectivity index (χ1v) is 9.00. The Morgan fingerprint density at radius 1 is 1.24 bits per heavy atom. The highest BCUT2D eigenvalue weighted by Gasteiger charge is 2.28. The standard InChI is InChI=1S/C20H23N3O2/c1-13-4-6-14(7-5-13)15-9-18-17(19(24)10-15)12-22-20(23-18)21-11-16-3-2-8-25-16/h4-7,12,15-16H,2-3,8-11H2,1H3,(H,21,22,23). The van der Waals surface area contributed by atoms with E-state index in [0.717, 1.165) is 31.6 Å². The van der Waals surface area contributed by atoms with E-state index in [1.165, 1.54) is 11.1 Å². The number of fused-ring (bicyclic) bond motifs is 1. The zero-order chi connectivity index (χ0) is 17.2. The van der Waals surface area contributed by atoms with E-state index in [4.69, 9.17) is 4.74 Å². The molecule has 2 aliphatic rings. The van der Waals surface area contributed by atoms with Crippen LogP contribution in [-0.4, -0.2) is 35.0 Å². The molecule has 1 aliphatic carbocycles. The average Bonchev–Trinajstić information content (AvgIpc) is 3.14. The van der Waals surface area contributed by atoms with Crippen molar-refractivity contribution in [3.8, 4) is 0 Å². The zero-order valence-electron chi connectivity index (χ0n) is 14.5. The quantitative estimate of drug-likeness (QED) is 0.927. The lowest BCUT2D eigenvalue weighted by Gasteiger charge is -2.23. The summed E-state index contributed by atoms with van der Waals surface area (Å²) in [6.45, 7) is 3.63. The summed E-state index contributed by atoms with van der Waals surface area (Å²) < 4.78 is 5.62. The molecule has 2 heterocycles. The zero-order valence-corrected chi connectivity index (χ0v) is 14.5. The van der Waals surface area contributed by atoms with Gasteiger partial charge in [0.2, 0.25) is 5.95 Å². The smallest absolute Gasteiger partial charge is 0.222 e. The van der Waals surface area contributed by atoms with Crippen LogP contribution in [0.15, 0.2) is 30.5 Å². The Morgan fingerprint density at radius 3 is 2.84 bits per heavy atom. The number of nitrogens with zero attached hydrogens (tertiary/aromatic N) is 2. The number of ether oxygens (including phenoxy) is 1. The monoisotopic (exact) mass is 337 g/mol. The number of carbonyl (C=O) groups is 1. The van der Waals surface area contributed by atoms with Gasteiger partial charge in [0, 0.05) is 25.8 Å². The van der Waals surface area contributed by atoms with Crippen molar-refractivity contribution in [2.45, 2.75) is 44.6 Å². The molecule has 2 aromatic rings. The van der Waals surface area contributed by atoms with Gasteiger partial charge in [0.05, 0.1) is 17.4 Å². The Bertz CT molecular complexity index is 767. The van der Waals surface area contributed by atoms with E-state index >= 15 is 0 Å². The summed E-state index contributed by atoms with van der Waals surface area (Å²) in [6, 6.07) is 8.44. The number of rotatable bonds is 4. The number of hydrogen-bond donors (Lipinski definition) is 1. The van der Waals surface area contributed by atoms with E-state index < -0.39 is 0 Å². The Morgan fingerprint density at radius 2 is 2.08 bits per heavy atom. The van der Waals surface area contributed by atoms with Crippen molar-refractivity contribution in [3.63, 3.8) is 0 Å². The normalized spacial score (nSPS) is 22.7. The fourth-order valence-electron chi connectivity index (χ4n) is 3.61. The molecule has 0 saturated carbocycles. The maximum Gasteiger partial charge on any atom is 0.222 e. The van der Waals surface area contributed by atoms with E-state index in [1.807, 2.05) is 0 Å². The molecule has 1 aliphatic heterocycles. The number of nitrogens with one attached hydrogen (secondary N) is 1. The molecular weight excluding hydrogens is 314 g/mol. The number of Topliss-reactive ketones (excluding diaryl/α,β-unsaturated/α-hetero) is 1. The first-order valence-electron chi connectivity index (χ1n) is 9.00. The third-order valence-electron chi connectivity index (χ3n) is 5.10. The molecule has 5 heteroatoms. The fourth-order valence-corrected chi connectivity index (χ4v) is 3.61. The molecule has 0 bridgehead atoms. The number of carbonyl (C=O) groups excluding carboxylic acids is 1. The lowest BCUT2D eigenvalue weighted by Crippen LogP contribution is -2.23. The second-order valence-corrected chi connectivity index (χ2v) is 7.01. The minimum absolute atomic E-state index is 0.137. The number of aryl methyl sites for hydroxylation is 1. The van der Waals surface area contributed by atoms with Crippen LogP contribution >= 0.6 is 0 Å². The maximum atomic E-state index is 12.5. The molecule has 25 heavy (non-hydrogen) atoms. The maximum absolute atomic E-state index is 12.5. The molecule has 0 amide bonds. The van der Waals surface area contributed by atoms with Gasteiger partial charge in [-0.1, -0.05) is 29.8 Å². The van der Waals surface area contributed by atoms with Crippen molar-refractivity contribution in [2.24, 2.45) is 0 Å². The van der Waals surface area contributed by atoms with Gasteiger partial charge in [-0.05, 0) is 37.7 Å². The minimum atomic E-state index is 0.137. The van der Waals surface area contributed by atoms with Gasteiger partial charge in [-0.3, -0.25) is 4.79 Å². The molecule has 1 N–H and O–H groups in total. The largest absolute Gasteiger partial charge is 0.376 e. The second-order valence-electron chi connectivity index (χ2n) is 7.01. The van der Waals surface area contributed by atoms with Crippen molar-refractivity contribution in [1.82, 2.24) is 9.97 Å². The SMILES string of the molecule is Cc1ccc(C2CC(=O)c3cnc(NCC4CCCO4)nc3C2)cc1. The number of anilines is 1. The highest BCUT2D eigenvalue weighted by atomic mass is 16.5. The molecule has 1 aromatic carbocycles. The summed E-state index contributed by atoms with van der Waals surface area (Å²) in [4.78, 5) is 21.4. The van der Waals surface area contributed by atoms with Crippen molar-refractivity contribution in [1.29, 1.82) is 0 Å². The first-order chi connectivity index (χ1) is 12.2. The van der Waals surface area contributed by atoms with Crippen LogP contribution in [0.2, 0.25) is 0 Å². The number of aromatic nitrogens is 2. The second kappa shape index (κ2) is 6.92. The molecule has 2 atom stereocenters. The van der Waals surface area contributed by atoms with Gasteiger partial charge in [0.25, 0.3) is 0 Å². The molecule has 4 rings (SSSR count). The van der Waals surface area contributed by atoms with Gasteiger partial charge in [-0.15, -0.1) is 0 Å². The predicted octanol–water partition coefficient (Wildman–Crippen LogP) is 3.29. The van der Waals surface area contributed by atoms with Gasteiger partial charge in [0.15, 0.2) is 5.78 Å². The van der Waals surface area contributed by atoms with E-state index in [-0.39, 0.29) is 17.8 Å². The summed E-state index contributed by atoms with van der Waals surface area (Å²) in [5.74, 6) is 0.922. The number of benzene rings is 1. The summed E-state index contributed by atoms with van der Waals surface area (Å²) in [5.41, 5.74) is 3.96. The van der Waals surface area contributed by atoms with Crippen molar-refractivity contribution < 1.29 is 9.53 Å². The predicted molar refractivity (Wildman–Crippen MR) is 96.1 cm³/mol. The lowest BCUT2D eigenvalue weighted by atomic mass is 9.82. The highest BCUT2D eigenvalue weighted by Crippen LogP contribution is 2.32. The molecular formula is C20H23N3O2. The van der Waals surface area contributed by atoms with Crippen LogP contribution in [0.4, 0.5) is 5.95 Å². The third kappa shape index (κ3) is 3.56. The summed E-state index contributed by atoms with van der Waals surface area (Å²) >= 11 is 0. The van der Waals surface area contributed by atoms with Crippen LogP contribution in [-0.2, 0) is 11.2 Å². The first kappa shape index (κ1) is 16.2. The molecule has 1 fully saturated rings. The molecule has 1 saturated heterocycles. The van der Waals surface area contributed by atoms with Crippen LogP contribution in [0.5, 0.6) is 0 Å². The molecule has 2 unspecified atom stereocenters. The third-order valence-corrected chi connectivity index (χ3v) is 5.10. The van der Waals surface area contributed by atoms with Crippen LogP contribution in [0.3, 0.4) is 0 Å². The van der Waals surface area contributed by atoms with Gasteiger partial charge in [0.1, 0.15) is 0 Å². The van der Waals surface area contributed by atoms with Crippen LogP contribution in [0, 0.1) is 6.92 Å². The van der Waals surface area contributed by atoms with Gasteiger partial charge in [-0.25, -0.2) is 9.97 Å². The molecule has 0 spiro atoms. The van der Waals surface area contributed by atoms with Gasteiger partial charge >= 0.3 is 0 Å². The number of ketones is 1. The molecule has 1 aromatic heterocycles. The van der Waals surface area contributed by atoms with Crippen LogP contribution in [0.25, 0.3) is 0 Å². The van der Waals surface area contributed by atoms with Crippen molar-refractivity contribution >= 4 is 11.7 Å². The molecule has 0 radical (unpaired) electrons. The van der Waals surface area contributed by atoms with E-state index in [2.05, 4.69) is 46.5 Å². The average molecular weight is 337 g/mol. The lowest BCUT2D eigenvalue weighted by molar-refractivity contribution is 0.0962. The molecule has 5 nitrogen and oxygen atoms in total. The molecule has 130 valence electrons. The highest BCUT2D eigenvalue weighted by molar-refractivity contribution is 5.98. The van der Waals surface area contributed by atoms with Crippen LogP contribution < -0.4 is 5.32 Å². The minimum Gasteiger partial charge on any atom is -0.376 e. The van der Waals surface area contributed by atoms with E-state index in [0.29, 0.717) is 24.5 Å². The Kier molecular flexibility index (Phi) is 4.49.